The fourth-order valence-electron chi connectivity index (χ4n) is 1.75. The van der Waals surface area contributed by atoms with Gasteiger partial charge in [-0.2, -0.15) is 0 Å². The van der Waals surface area contributed by atoms with E-state index in [1.54, 1.807) is 0 Å². The largest absolute Gasteiger partial charge is 0.310 e. The Morgan fingerprint density at radius 3 is 2.47 bits per heavy atom. The molecular formula is C15H21F2NS. The zero-order valence-corrected chi connectivity index (χ0v) is 12.3. The maximum atomic E-state index is 13.9. The van der Waals surface area contributed by atoms with Gasteiger partial charge in [-0.25, -0.2) is 8.78 Å². The van der Waals surface area contributed by atoms with Crippen LogP contribution < -0.4 is 5.32 Å². The number of benzene rings is 1. The van der Waals surface area contributed by atoms with Gasteiger partial charge in [0.15, 0.2) is 0 Å². The number of thioether (sulfide) groups is 1. The highest BCUT2D eigenvalue weighted by Crippen LogP contribution is 2.29. The summed E-state index contributed by atoms with van der Waals surface area (Å²) in [5, 5.41) is 3.27. The highest BCUT2D eigenvalue weighted by Gasteiger charge is 2.20. The van der Waals surface area contributed by atoms with Gasteiger partial charge < -0.3 is 5.32 Å². The average Bonchev–Trinajstić information content (AvgIpc) is 3.19. The van der Waals surface area contributed by atoms with E-state index in [1.165, 1.54) is 36.7 Å². The maximum absolute atomic E-state index is 13.9. The van der Waals surface area contributed by atoms with Crippen molar-refractivity contribution in [3.63, 3.8) is 0 Å². The predicted octanol–water partition coefficient (Wildman–Crippen LogP) is 4.36. The second-order valence-corrected chi connectivity index (χ2v) is 6.40. The van der Waals surface area contributed by atoms with Gasteiger partial charge in [0.25, 0.3) is 0 Å². The van der Waals surface area contributed by atoms with Gasteiger partial charge in [0, 0.05) is 18.3 Å². The van der Waals surface area contributed by atoms with Gasteiger partial charge in [-0.1, -0.05) is 20.3 Å². The molecule has 1 saturated carbocycles. The standard InChI is InChI=1S/C15H21F2NS/c1-3-10(2)9-19-15-13(16)6-11(7-14(15)17)8-18-12-4-5-12/h6-7,10,12,18H,3-5,8-9H2,1-2H3. The van der Waals surface area contributed by atoms with Crippen molar-refractivity contribution in [1.29, 1.82) is 0 Å². The first-order valence-electron chi connectivity index (χ1n) is 6.94. The summed E-state index contributed by atoms with van der Waals surface area (Å²) in [5.41, 5.74) is 0.690. The lowest BCUT2D eigenvalue weighted by Gasteiger charge is -2.11. The molecule has 1 atom stereocenters. The molecule has 1 N–H and O–H groups in total. The Balaban J connectivity index is 1.98. The van der Waals surface area contributed by atoms with E-state index in [9.17, 15) is 8.78 Å². The van der Waals surface area contributed by atoms with Crippen LogP contribution in [-0.4, -0.2) is 11.8 Å². The molecule has 0 saturated heterocycles. The summed E-state index contributed by atoms with van der Waals surface area (Å²) in [6.07, 6.45) is 3.38. The van der Waals surface area contributed by atoms with Crippen molar-refractivity contribution in [3.8, 4) is 0 Å². The Hall–Kier alpha value is -0.610. The first-order chi connectivity index (χ1) is 9.10. The van der Waals surface area contributed by atoms with E-state index in [1.807, 2.05) is 0 Å². The molecule has 0 bridgehead atoms. The third kappa shape index (κ3) is 4.46. The number of hydrogen-bond donors (Lipinski definition) is 1. The van der Waals surface area contributed by atoms with Crippen molar-refractivity contribution in [2.75, 3.05) is 5.75 Å². The lowest BCUT2D eigenvalue weighted by molar-refractivity contribution is 0.533. The quantitative estimate of drug-likeness (QED) is 0.747. The number of halogens is 2. The molecule has 1 unspecified atom stereocenters. The van der Waals surface area contributed by atoms with Crippen LogP contribution in [0.5, 0.6) is 0 Å². The van der Waals surface area contributed by atoms with Crippen LogP contribution in [0.4, 0.5) is 8.78 Å². The fraction of sp³-hybridized carbons (Fsp3) is 0.600. The number of hydrogen-bond acceptors (Lipinski definition) is 2. The summed E-state index contributed by atoms with van der Waals surface area (Å²) in [6.45, 7) is 4.73. The van der Waals surface area contributed by atoms with E-state index >= 15 is 0 Å². The molecule has 2 rings (SSSR count). The normalized spacial score (nSPS) is 16.6. The lowest BCUT2D eigenvalue weighted by Crippen LogP contribution is -2.15. The zero-order valence-electron chi connectivity index (χ0n) is 11.5. The molecule has 1 aromatic carbocycles. The molecule has 0 aliphatic heterocycles. The van der Waals surface area contributed by atoms with E-state index in [0.717, 1.165) is 12.2 Å². The van der Waals surface area contributed by atoms with Crippen LogP contribution in [0.15, 0.2) is 17.0 Å². The zero-order chi connectivity index (χ0) is 13.8. The second kappa shape index (κ2) is 6.71. The van der Waals surface area contributed by atoms with Gasteiger partial charge in [-0.05, 0) is 36.5 Å². The van der Waals surface area contributed by atoms with Gasteiger partial charge in [0.2, 0.25) is 0 Å². The summed E-state index contributed by atoms with van der Waals surface area (Å²) in [4.78, 5) is 0.162. The number of rotatable bonds is 7. The van der Waals surface area contributed by atoms with Crippen molar-refractivity contribution in [2.45, 2.75) is 50.6 Å². The first-order valence-corrected chi connectivity index (χ1v) is 7.92. The molecular weight excluding hydrogens is 264 g/mol. The minimum atomic E-state index is -0.430. The summed E-state index contributed by atoms with van der Waals surface area (Å²) in [6, 6.07) is 3.46. The summed E-state index contributed by atoms with van der Waals surface area (Å²) in [7, 11) is 0. The van der Waals surface area contributed by atoms with E-state index in [-0.39, 0.29) is 4.90 Å². The van der Waals surface area contributed by atoms with Gasteiger partial charge >= 0.3 is 0 Å². The minimum Gasteiger partial charge on any atom is -0.310 e. The van der Waals surface area contributed by atoms with Gasteiger partial charge in [0.05, 0.1) is 4.90 Å². The van der Waals surface area contributed by atoms with Crippen LogP contribution in [0, 0.1) is 17.6 Å². The molecule has 0 spiro atoms. The molecule has 1 nitrogen and oxygen atoms in total. The molecule has 0 radical (unpaired) electrons. The van der Waals surface area contributed by atoms with Gasteiger partial charge in [-0.3, -0.25) is 0 Å². The highest BCUT2D eigenvalue weighted by molar-refractivity contribution is 7.99. The molecule has 1 aliphatic carbocycles. The topological polar surface area (TPSA) is 12.0 Å². The summed E-state index contributed by atoms with van der Waals surface area (Å²) < 4.78 is 27.8. The molecule has 19 heavy (non-hydrogen) atoms. The Labute approximate surface area is 118 Å². The molecule has 4 heteroatoms. The van der Waals surface area contributed by atoms with Crippen LogP contribution in [0.25, 0.3) is 0 Å². The van der Waals surface area contributed by atoms with Crippen LogP contribution in [-0.2, 0) is 6.54 Å². The van der Waals surface area contributed by atoms with E-state index in [0.29, 0.717) is 24.1 Å². The van der Waals surface area contributed by atoms with Crippen LogP contribution in [0.2, 0.25) is 0 Å². The Morgan fingerprint density at radius 2 is 1.95 bits per heavy atom. The summed E-state index contributed by atoms with van der Waals surface area (Å²) in [5.74, 6) is 0.367. The molecule has 1 aromatic rings. The molecule has 1 fully saturated rings. The van der Waals surface area contributed by atoms with Crippen molar-refractivity contribution < 1.29 is 8.78 Å². The van der Waals surface area contributed by atoms with Crippen molar-refractivity contribution in [2.24, 2.45) is 5.92 Å². The summed E-state index contributed by atoms with van der Waals surface area (Å²) >= 11 is 1.28. The van der Waals surface area contributed by atoms with Gasteiger partial charge in [-0.15, -0.1) is 11.8 Å². The van der Waals surface area contributed by atoms with Crippen molar-refractivity contribution in [3.05, 3.63) is 29.3 Å². The van der Waals surface area contributed by atoms with E-state index in [2.05, 4.69) is 19.2 Å². The average molecular weight is 285 g/mol. The molecule has 0 amide bonds. The van der Waals surface area contributed by atoms with E-state index < -0.39 is 11.6 Å². The SMILES string of the molecule is CCC(C)CSc1c(F)cc(CNC2CC2)cc1F. The second-order valence-electron chi connectivity index (χ2n) is 5.37. The Kier molecular flexibility index (Phi) is 5.22. The highest BCUT2D eigenvalue weighted by atomic mass is 32.2. The first kappa shape index (κ1) is 14.8. The minimum absolute atomic E-state index is 0.162. The lowest BCUT2D eigenvalue weighted by atomic mass is 10.2. The fourth-order valence-corrected chi connectivity index (χ4v) is 2.83. The Bertz CT molecular complexity index is 409. The van der Waals surface area contributed by atoms with Crippen LogP contribution in [0.1, 0.15) is 38.7 Å². The smallest absolute Gasteiger partial charge is 0.140 e. The van der Waals surface area contributed by atoms with Crippen molar-refractivity contribution >= 4 is 11.8 Å². The predicted molar refractivity (Wildman–Crippen MR) is 76.4 cm³/mol. The monoisotopic (exact) mass is 285 g/mol. The number of nitrogens with one attached hydrogen (secondary N) is 1. The molecule has 0 aromatic heterocycles. The van der Waals surface area contributed by atoms with Crippen molar-refractivity contribution in [1.82, 2.24) is 5.32 Å². The van der Waals surface area contributed by atoms with Gasteiger partial charge in [0.1, 0.15) is 11.6 Å². The van der Waals surface area contributed by atoms with Crippen LogP contribution in [0.3, 0.4) is 0 Å². The Morgan fingerprint density at radius 1 is 1.32 bits per heavy atom. The van der Waals surface area contributed by atoms with Crippen LogP contribution >= 0.6 is 11.8 Å². The van der Waals surface area contributed by atoms with E-state index in [4.69, 9.17) is 0 Å². The third-order valence-corrected chi connectivity index (χ3v) is 4.85. The molecule has 1 aliphatic rings. The maximum Gasteiger partial charge on any atom is 0.140 e. The molecule has 0 heterocycles. The third-order valence-electron chi connectivity index (χ3n) is 3.44. The molecule has 106 valence electrons.